The molecule has 0 atom stereocenters. The van der Waals surface area contributed by atoms with Crippen LogP contribution in [0.5, 0.6) is 0 Å². The predicted octanol–water partition coefficient (Wildman–Crippen LogP) is 0.849. The van der Waals surface area contributed by atoms with Crippen LogP contribution in [0.4, 0.5) is 5.69 Å². The van der Waals surface area contributed by atoms with E-state index in [0.717, 1.165) is 17.5 Å². The zero-order valence-corrected chi connectivity index (χ0v) is 10.0. The lowest BCUT2D eigenvalue weighted by atomic mass is 10.3. The third kappa shape index (κ3) is 2.75. The topological polar surface area (TPSA) is 84.5 Å². The van der Waals surface area contributed by atoms with Crippen molar-refractivity contribution in [2.24, 2.45) is 10.1 Å². The molecule has 1 aromatic rings. The Kier molecular flexibility index (Phi) is 3.17. The summed E-state index contributed by atoms with van der Waals surface area (Å²) in [5.74, 6) is 0.956. The number of sulfonamides is 1. The molecule has 0 saturated heterocycles. The Morgan fingerprint density at radius 3 is 2.88 bits per heavy atom. The van der Waals surface area contributed by atoms with Crippen LogP contribution < -0.4 is 10.5 Å². The van der Waals surface area contributed by atoms with Crippen molar-refractivity contribution in [1.82, 2.24) is 0 Å². The number of nitrogens with zero attached hydrogens (tertiary/aromatic N) is 1. The fourth-order valence-corrected chi connectivity index (χ4v) is 2.59. The first-order chi connectivity index (χ1) is 7.55. The quantitative estimate of drug-likeness (QED) is 0.822. The van der Waals surface area contributed by atoms with Crippen LogP contribution >= 0.6 is 11.8 Å². The summed E-state index contributed by atoms with van der Waals surface area (Å²) >= 11 is 1.61. The second-order valence-electron chi connectivity index (χ2n) is 3.23. The van der Waals surface area contributed by atoms with Gasteiger partial charge in [-0.05, 0) is 18.2 Å². The number of aliphatic imine (C=N–C) groups is 1. The molecule has 0 spiro atoms. The van der Waals surface area contributed by atoms with E-state index in [0.29, 0.717) is 5.69 Å². The lowest BCUT2D eigenvalue weighted by Gasteiger charge is -2.06. The van der Waals surface area contributed by atoms with E-state index in [-0.39, 0.29) is 4.90 Å². The zero-order valence-electron chi connectivity index (χ0n) is 8.38. The molecular formula is C9H11N3O2S2. The van der Waals surface area contributed by atoms with Gasteiger partial charge in [-0.25, -0.2) is 13.6 Å². The molecule has 0 fully saturated rings. The molecule has 0 bridgehead atoms. The van der Waals surface area contributed by atoms with Gasteiger partial charge < -0.3 is 5.32 Å². The Bertz CT molecular complexity index is 525. The van der Waals surface area contributed by atoms with Crippen LogP contribution in [-0.4, -0.2) is 25.9 Å². The third-order valence-corrected chi connectivity index (χ3v) is 3.80. The highest BCUT2D eigenvalue weighted by atomic mass is 32.2. The number of benzene rings is 1. The minimum atomic E-state index is -3.65. The van der Waals surface area contributed by atoms with Crippen molar-refractivity contribution in [2.45, 2.75) is 4.90 Å². The SMILES string of the molecule is NS(=O)(=O)c1cccc(NC2=NCCS2)c1. The summed E-state index contributed by atoms with van der Waals surface area (Å²) < 4.78 is 22.3. The fourth-order valence-electron chi connectivity index (χ4n) is 1.29. The second-order valence-corrected chi connectivity index (χ2v) is 5.88. The first-order valence-electron chi connectivity index (χ1n) is 4.63. The average molecular weight is 257 g/mol. The molecule has 5 nitrogen and oxygen atoms in total. The number of nitrogens with two attached hydrogens (primary N) is 1. The highest BCUT2D eigenvalue weighted by Gasteiger charge is 2.10. The molecule has 0 amide bonds. The van der Waals surface area contributed by atoms with Crippen molar-refractivity contribution in [3.8, 4) is 0 Å². The molecule has 1 aromatic carbocycles. The Balaban J connectivity index is 2.22. The van der Waals surface area contributed by atoms with Crippen molar-refractivity contribution < 1.29 is 8.42 Å². The monoisotopic (exact) mass is 257 g/mol. The molecule has 86 valence electrons. The molecule has 0 radical (unpaired) electrons. The maximum Gasteiger partial charge on any atom is 0.238 e. The number of hydrogen-bond donors (Lipinski definition) is 2. The van der Waals surface area contributed by atoms with E-state index in [2.05, 4.69) is 10.3 Å². The van der Waals surface area contributed by atoms with Gasteiger partial charge in [0.25, 0.3) is 0 Å². The standard InChI is InChI=1S/C9H11N3O2S2/c10-16(13,14)8-3-1-2-7(6-8)12-9-11-4-5-15-9/h1-3,6H,4-5H2,(H,11,12)(H2,10,13,14). The van der Waals surface area contributed by atoms with E-state index in [1.54, 1.807) is 23.9 Å². The lowest BCUT2D eigenvalue weighted by Crippen LogP contribution is -2.13. The third-order valence-electron chi connectivity index (χ3n) is 2.00. The predicted molar refractivity (Wildman–Crippen MR) is 66.2 cm³/mol. The molecule has 1 aliphatic heterocycles. The summed E-state index contributed by atoms with van der Waals surface area (Å²) in [6, 6.07) is 6.37. The number of anilines is 1. The van der Waals surface area contributed by atoms with Gasteiger partial charge in [0.15, 0.2) is 5.17 Å². The summed E-state index contributed by atoms with van der Waals surface area (Å²) in [7, 11) is -3.65. The molecule has 1 heterocycles. The molecule has 16 heavy (non-hydrogen) atoms. The first kappa shape index (κ1) is 11.4. The maximum absolute atomic E-state index is 11.1. The summed E-state index contributed by atoms with van der Waals surface area (Å²) in [6.45, 7) is 0.794. The largest absolute Gasteiger partial charge is 0.335 e. The van der Waals surface area contributed by atoms with Crippen LogP contribution in [0.3, 0.4) is 0 Å². The zero-order chi connectivity index (χ0) is 11.6. The van der Waals surface area contributed by atoms with Gasteiger partial charge >= 0.3 is 0 Å². The number of rotatable bonds is 2. The summed E-state index contributed by atoms with van der Waals surface area (Å²) in [4.78, 5) is 4.31. The number of thioether (sulfide) groups is 1. The minimum Gasteiger partial charge on any atom is -0.335 e. The first-order valence-corrected chi connectivity index (χ1v) is 7.16. The van der Waals surface area contributed by atoms with Gasteiger partial charge in [0.2, 0.25) is 10.0 Å². The Morgan fingerprint density at radius 2 is 2.25 bits per heavy atom. The maximum atomic E-state index is 11.1. The van der Waals surface area contributed by atoms with Crippen molar-refractivity contribution in [1.29, 1.82) is 0 Å². The molecule has 7 heteroatoms. The number of primary sulfonamides is 1. The van der Waals surface area contributed by atoms with Crippen molar-refractivity contribution in [2.75, 3.05) is 17.6 Å². The highest BCUT2D eigenvalue weighted by molar-refractivity contribution is 8.14. The van der Waals surface area contributed by atoms with E-state index in [1.165, 1.54) is 12.1 Å². The van der Waals surface area contributed by atoms with Crippen LogP contribution in [-0.2, 0) is 10.0 Å². The van der Waals surface area contributed by atoms with E-state index >= 15 is 0 Å². The van der Waals surface area contributed by atoms with Gasteiger partial charge in [-0.2, -0.15) is 0 Å². The van der Waals surface area contributed by atoms with Crippen molar-refractivity contribution >= 4 is 32.6 Å². The highest BCUT2D eigenvalue weighted by Crippen LogP contribution is 2.18. The van der Waals surface area contributed by atoms with E-state index < -0.39 is 10.0 Å². The molecule has 3 N–H and O–H groups in total. The van der Waals surface area contributed by atoms with Crippen LogP contribution in [0.15, 0.2) is 34.2 Å². The number of nitrogens with one attached hydrogen (secondary N) is 1. The van der Waals surface area contributed by atoms with E-state index in [4.69, 9.17) is 5.14 Å². The van der Waals surface area contributed by atoms with Gasteiger partial charge in [0, 0.05) is 11.4 Å². The number of hydrogen-bond acceptors (Lipinski definition) is 5. The van der Waals surface area contributed by atoms with Gasteiger partial charge in [0.05, 0.1) is 11.4 Å². The molecule has 0 aliphatic carbocycles. The van der Waals surface area contributed by atoms with Crippen LogP contribution in [0.25, 0.3) is 0 Å². The van der Waals surface area contributed by atoms with Gasteiger partial charge in [-0.3, -0.25) is 4.99 Å². The molecular weight excluding hydrogens is 246 g/mol. The van der Waals surface area contributed by atoms with E-state index in [9.17, 15) is 8.42 Å². The molecule has 2 rings (SSSR count). The van der Waals surface area contributed by atoms with Crippen molar-refractivity contribution in [3.63, 3.8) is 0 Å². The minimum absolute atomic E-state index is 0.0982. The van der Waals surface area contributed by atoms with Crippen LogP contribution in [0.2, 0.25) is 0 Å². The Morgan fingerprint density at radius 1 is 1.44 bits per heavy atom. The number of amidine groups is 1. The smallest absolute Gasteiger partial charge is 0.238 e. The summed E-state index contributed by atoms with van der Waals surface area (Å²) in [6.07, 6.45) is 0. The van der Waals surface area contributed by atoms with Crippen molar-refractivity contribution in [3.05, 3.63) is 24.3 Å². The van der Waals surface area contributed by atoms with Crippen LogP contribution in [0, 0.1) is 0 Å². The Labute approximate surface area is 98.2 Å². The van der Waals surface area contributed by atoms with Gasteiger partial charge in [-0.15, -0.1) is 0 Å². The van der Waals surface area contributed by atoms with Crippen LogP contribution in [0.1, 0.15) is 0 Å². The molecule has 0 saturated carbocycles. The summed E-state index contributed by atoms with van der Waals surface area (Å²) in [5.41, 5.74) is 0.680. The average Bonchev–Trinajstić information content (AvgIpc) is 2.70. The van der Waals surface area contributed by atoms with Gasteiger partial charge in [0.1, 0.15) is 0 Å². The Hall–Kier alpha value is -1.05. The molecule has 0 aromatic heterocycles. The fraction of sp³-hybridized carbons (Fsp3) is 0.222. The van der Waals surface area contributed by atoms with Gasteiger partial charge in [-0.1, -0.05) is 17.8 Å². The van der Waals surface area contributed by atoms with E-state index in [1.807, 2.05) is 0 Å². The molecule has 1 aliphatic rings. The lowest BCUT2D eigenvalue weighted by molar-refractivity contribution is 0.598. The molecule has 0 unspecified atom stereocenters. The summed E-state index contributed by atoms with van der Waals surface area (Å²) in [5, 5.41) is 8.90. The second kappa shape index (κ2) is 4.44. The normalized spacial score (nSPS) is 15.9.